The van der Waals surface area contributed by atoms with Crippen molar-refractivity contribution in [1.29, 1.82) is 0 Å². The second-order valence-electron chi connectivity index (χ2n) is 17.9. The van der Waals surface area contributed by atoms with Crippen molar-refractivity contribution in [1.82, 2.24) is 0 Å². The highest BCUT2D eigenvalue weighted by Gasteiger charge is 2.41. The molecule has 3 aliphatic rings. The third-order valence-electron chi connectivity index (χ3n) is 11.4. The highest BCUT2D eigenvalue weighted by atomic mass is 32.2. The molecule has 3 heterocycles. The first-order valence-electron chi connectivity index (χ1n) is 21.0. The van der Waals surface area contributed by atoms with Gasteiger partial charge in [0.1, 0.15) is 11.9 Å². The summed E-state index contributed by atoms with van der Waals surface area (Å²) >= 11 is 0. The van der Waals surface area contributed by atoms with Gasteiger partial charge in [-0.25, -0.2) is 0 Å². The molecule has 12 nitrogen and oxygen atoms in total. The molecule has 0 fully saturated rings. The molecule has 60 heavy (non-hydrogen) atoms. The minimum atomic E-state index is -4.40. The summed E-state index contributed by atoms with van der Waals surface area (Å²) in [4.78, 5) is 15.6. The van der Waals surface area contributed by atoms with Crippen molar-refractivity contribution < 1.29 is 46.6 Å². The Morgan fingerprint density at radius 1 is 0.883 bits per heavy atom. The van der Waals surface area contributed by atoms with Gasteiger partial charge in [-0.3, -0.25) is 9.35 Å². The van der Waals surface area contributed by atoms with Gasteiger partial charge in [-0.05, 0) is 86.7 Å². The third kappa shape index (κ3) is 11.5. The molecule has 2 aromatic rings. The highest BCUT2D eigenvalue weighted by molar-refractivity contribution is 7.85. The van der Waals surface area contributed by atoms with Crippen molar-refractivity contribution in [2.45, 2.75) is 103 Å². The molecule has 0 radical (unpaired) electrons. The maximum Gasteiger partial charge on any atom is 0.303 e. The molecule has 0 aliphatic carbocycles. The summed E-state index contributed by atoms with van der Waals surface area (Å²) < 4.78 is 63.2. The summed E-state index contributed by atoms with van der Waals surface area (Å²) in [7, 11) is -2.75. The number of nitrogens with zero attached hydrogens (tertiary/aromatic N) is 2. The fourth-order valence-electron chi connectivity index (χ4n) is 8.19. The van der Waals surface area contributed by atoms with Gasteiger partial charge in [0.25, 0.3) is 10.1 Å². The number of rotatable bonds is 21. The maximum atomic E-state index is 12.2. The molecule has 0 spiro atoms. The molecule has 0 saturated carbocycles. The van der Waals surface area contributed by atoms with Crippen LogP contribution >= 0.6 is 0 Å². The summed E-state index contributed by atoms with van der Waals surface area (Å²) in [5, 5.41) is 9.15. The maximum absolute atomic E-state index is 12.2. The fraction of sp³-hybridized carbons (Fsp3) is 0.553. The first kappa shape index (κ1) is 47.1. The van der Waals surface area contributed by atoms with Gasteiger partial charge in [0.05, 0.1) is 56.7 Å². The summed E-state index contributed by atoms with van der Waals surface area (Å²) in [6, 6.07) is 9.17. The Kier molecular flexibility index (Phi) is 15.5. The Balaban J connectivity index is 1.41. The van der Waals surface area contributed by atoms with Crippen LogP contribution in [0.4, 0.5) is 11.4 Å². The molecule has 0 amide bonds. The molecule has 0 bridgehead atoms. The zero-order valence-electron chi connectivity index (χ0n) is 37.0. The topological polar surface area (TPSA) is 144 Å². The molecule has 3 aliphatic heterocycles. The number of aliphatic carboxylic acids is 1. The van der Waals surface area contributed by atoms with Crippen LogP contribution < -0.4 is 14.5 Å². The number of carboxylic acid groups (broad SMARTS) is 1. The van der Waals surface area contributed by atoms with E-state index in [-0.39, 0.29) is 28.4 Å². The van der Waals surface area contributed by atoms with Crippen LogP contribution in [0.2, 0.25) is 0 Å². The van der Waals surface area contributed by atoms with Crippen LogP contribution in [-0.4, -0.2) is 102 Å². The van der Waals surface area contributed by atoms with Crippen molar-refractivity contribution in [2.75, 3.05) is 76.2 Å². The van der Waals surface area contributed by atoms with Gasteiger partial charge in [0, 0.05) is 71.7 Å². The van der Waals surface area contributed by atoms with Gasteiger partial charge < -0.3 is 38.6 Å². The Morgan fingerprint density at radius 3 is 2.18 bits per heavy atom. The molecule has 5 rings (SSSR count). The standard InChI is InChI=1S/C47H66N2O10S/c1-33-32-46(5,6)49(20-21-56-24-25-58-27-26-57-23-22-55-9)40-31-41-37(30-36(33)40)34(28-43(59-41)45(2,3)4)14-13-15-42-47(7,8)38-29-35(60(52,53)54)17-18-39(38)48(42)19-12-10-11-16-44(50)51/h13-15,17-18,28-32,43H,10-12,16,19-27H2,1-9H3,(H,50,51)(H,52,53,54)/b14-13+,42-15-. The number of unbranched alkanes of at least 4 members (excludes halogenated alkanes) is 2. The number of hydrogen-bond acceptors (Lipinski definition) is 10. The van der Waals surface area contributed by atoms with Crippen LogP contribution in [0.3, 0.4) is 0 Å². The number of allylic oxidation sites excluding steroid dienone is 6. The largest absolute Gasteiger partial charge is 0.485 e. The van der Waals surface area contributed by atoms with Crippen LogP contribution in [0.15, 0.2) is 71.3 Å². The molecule has 13 heteroatoms. The quantitative estimate of drug-likeness (QED) is 0.0916. The number of anilines is 2. The number of methoxy groups -OCH3 is 1. The number of ether oxygens (including phenoxy) is 5. The van der Waals surface area contributed by atoms with Crippen LogP contribution in [0.1, 0.15) is 97.8 Å². The number of benzene rings is 2. The van der Waals surface area contributed by atoms with Gasteiger partial charge in [-0.1, -0.05) is 59.3 Å². The molecule has 2 N–H and O–H groups in total. The predicted molar refractivity (Wildman–Crippen MR) is 238 cm³/mol. The first-order chi connectivity index (χ1) is 28.3. The SMILES string of the molecule is COCCOCCOCCOCCN1c2cc3c(cc2C(C)=CC1(C)C)C(/C=C/C=C1\N(CCCCCC(=O)O)c2ccc(S(=O)(=O)O)cc2C1(C)C)=CC(C(C)(C)C)O3. The lowest BCUT2D eigenvalue weighted by Crippen LogP contribution is -2.47. The highest BCUT2D eigenvalue weighted by Crippen LogP contribution is 2.50. The van der Waals surface area contributed by atoms with Crippen molar-refractivity contribution >= 4 is 38.6 Å². The average Bonchev–Trinajstić information content (AvgIpc) is 3.37. The van der Waals surface area contributed by atoms with Crippen LogP contribution in [0, 0.1) is 5.41 Å². The van der Waals surface area contributed by atoms with E-state index in [4.69, 9.17) is 28.8 Å². The molecule has 330 valence electrons. The van der Waals surface area contributed by atoms with Gasteiger partial charge >= 0.3 is 5.97 Å². The predicted octanol–water partition coefficient (Wildman–Crippen LogP) is 8.70. The Labute approximate surface area is 357 Å². The van der Waals surface area contributed by atoms with E-state index in [1.54, 1.807) is 19.2 Å². The summed E-state index contributed by atoms with van der Waals surface area (Å²) in [5.41, 5.74) is 7.05. The molecule has 1 atom stereocenters. The van der Waals surface area contributed by atoms with E-state index in [9.17, 15) is 17.8 Å². The Hall–Kier alpha value is -3.98. The van der Waals surface area contributed by atoms with E-state index in [0.717, 1.165) is 57.9 Å². The molecular formula is C47H66N2O10S. The van der Waals surface area contributed by atoms with Gasteiger partial charge in [0.2, 0.25) is 0 Å². The van der Waals surface area contributed by atoms with E-state index in [1.807, 2.05) is 0 Å². The lowest BCUT2D eigenvalue weighted by Gasteiger charge is -2.44. The normalized spacial score (nSPS) is 18.9. The minimum absolute atomic E-state index is 0.118. The summed E-state index contributed by atoms with van der Waals surface area (Å²) in [5.74, 6) is 0.00588. The summed E-state index contributed by atoms with van der Waals surface area (Å²) in [6.45, 7) is 22.2. The van der Waals surface area contributed by atoms with Gasteiger partial charge in [0.15, 0.2) is 0 Å². The Bertz CT molecular complexity index is 2080. The lowest BCUT2D eigenvalue weighted by atomic mass is 9.82. The Morgan fingerprint density at radius 2 is 1.55 bits per heavy atom. The van der Waals surface area contributed by atoms with E-state index in [2.05, 4.69) is 108 Å². The second kappa shape index (κ2) is 19.8. The van der Waals surface area contributed by atoms with E-state index in [0.29, 0.717) is 65.8 Å². The molecule has 0 saturated heterocycles. The van der Waals surface area contributed by atoms with Crippen molar-refractivity contribution in [3.8, 4) is 5.75 Å². The van der Waals surface area contributed by atoms with Gasteiger partial charge in [-0.2, -0.15) is 8.42 Å². The van der Waals surface area contributed by atoms with Crippen molar-refractivity contribution in [3.63, 3.8) is 0 Å². The van der Waals surface area contributed by atoms with Crippen molar-refractivity contribution in [3.05, 3.63) is 83.1 Å². The molecular weight excluding hydrogens is 785 g/mol. The van der Waals surface area contributed by atoms with Crippen LogP contribution in [-0.2, 0) is 39.3 Å². The monoisotopic (exact) mass is 850 g/mol. The first-order valence-corrected chi connectivity index (χ1v) is 22.5. The van der Waals surface area contributed by atoms with Crippen molar-refractivity contribution in [2.24, 2.45) is 5.41 Å². The zero-order chi connectivity index (χ0) is 43.9. The molecule has 2 aromatic carbocycles. The van der Waals surface area contributed by atoms with E-state index < -0.39 is 21.5 Å². The fourth-order valence-corrected chi connectivity index (χ4v) is 8.70. The number of carboxylic acids is 1. The lowest BCUT2D eigenvalue weighted by molar-refractivity contribution is -0.137. The smallest absolute Gasteiger partial charge is 0.303 e. The second-order valence-corrected chi connectivity index (χ2v) is 19.3. The van der Waals surface area contributed by atoms with Crippen LogP contribution in [0.5, 0.6) is 5.75 Å². The number of carbonyl (C=O) groups is 1. The third-order valence-corrected chi connectivity index (χ3v) is 12.3. The molecule has 0 aromatic heterocycles. The van der Waals surface area contributed by atoms with Gasteiger partial charge in [-0.15, -0.1) is 0 Å². The zero-order valence-corrected chi connectivity index (χ0v) is 37.8. The van der Waals surface area contributed by atoms with E-state index >= 15 is 0 Å². The minimum Gasteiger partial charge on any atom is -0.485 e. The van der Waals surface area contributed by atoms with Crippen LogP contribution in [0.25, 0.3) is 11.1 Å². The number of fused-ring (bicyclic) bond motifs is 3. The van der Waals surface area contributed by atoms with E-state index in [1.165, 1.54) is 11.6 Å². The summed E-state index contributed by atoms with van der Waals surface area (Å²) in [6.07, 6.45) is 12.8. The average molecular weight is 851 g/mol. The number of hydrogen-bond donors (Lipinski definition) is 2. The molecule has 1 unspecified atom stereocenters.